The number of unbranched alkanes of at least 4 members (excludes halogenated alkanes) is 1. The Kier molecular flexibility index (Phi) is 5.73. The average molecular weight is 273 g/mol. The lowest BCUT2D eigenvalue weighted by molar-refractivity contribution is -0.119. The molecular formula is C15H19N3O2. The summed E-state index contributed by atoms with van der Waals surface area (Å²) in [5, 5.41) is 9.17. The highest BCUT2D eigenvalue weighted by Gasteiger charge is 2.16. The molecule has 0 saturated carbocycles. The summed E-state index contributed by atoms with van der Waals surface area (Å²) < 4.78 is 0. The van der Waals surface area contributed by atoms with Crippen LogP contribution < -0.4 is 10.6 Å². The van der Waals surface area contributed by atoms with Gasteiger partial charge in [-0.1, -0.05) is 17.7 Å². The summed E-state index contributed by atoms with van der Waals surface area (Å²) in [4.78, 5) is 23.8. The summed E-state index contributed by atoms with van der Waals surface area (Å²) in [7, 11) is 0. The Labute approximate surface area is 119 Å². The molecule has 1 rings (SSSR count). The summed E-state index contributed by atoms with van der Waals surface area (Å²) in [5.74, 6) is -0.632. The second-order valence-corrected chi connectivity index (χ2v) is 4.79. The van der Waals surface area contributed by atoms with E-state index in [0.29, 0.717) is 18.5 Å². The summed E-state index contributed by atoms with van der Waals surface area (Å²) in [6.45, 7) is 3.83. The maximum Gasteiger partial charge on any atom is 0.240 e. The number of anilines is 1. The van der Waals surface area contributed by atoms with Crippen molar-refractivity contribution in [2.75, 3.05) is 4.90 Å². The monoisotopic (exact) mass is 273 g/mol. The number of aryl methyl sites for hydroxylation is 2. The number of hydrogen-bond acceptors (Lipinski definition) is 3. The molecule has 1 aromatic carbocycles. The SMILES string of the molecule is Cc1ccc(N(C#N)C(=O)CCCCC(N)=O)c(C)c1. The third kappa shape index (κ3) is 4.39. The number of carbonyl (C=O) groups excluding carboxylic acids is 2. The second-order valence-electron chi connectivity index (χ2n) is 4.79. The Morgan fingerprint density at radius 2 is 1.90 bits per heavy atom. The molecule has 1 aromatic rings. The Hall–Kier alpha value is -2.35. The molecular weight excluding hydrogens is 254 g/mol. The van der Waals surface area contributed by atoms with E-state index in [-0.39, 0.29) is 24.7 Å². The summed E-state index contributed by atoms with van der Waals surface area (Å²) >= 11 is 0. The summed E-state index contributed by atoms with van der Waals surface area (Å²) in [6.07, 6.45) is 3.53. The van der Waals surface area contributed by atoms with Gasteiger partial charge in [-0.15, -0.1) is 0 Å². The molecule has 0 aromatic heterocycles. The highest BCUT2D eigenvalue weighted by molar-refractivity contribution is 5.96. The zero-order chi connectivity index (χ0) is 15.1. The number of rotatable bonds is 6. The van der Waals surface area contributed by atoms with Crippen molar-refractivity contribution < 1.29 is 9.59 Å². The third-order valence-electron chi connectivity index (χ3n) is 3.01. The lowest BCUT2D eigenvalue weighted by atomic mass is 10.1. The van der Waals surface area contributed by atoms with Crippen molar-refractivity contribution in [1.29, 1.82) is 5.26 Å². The van der Waals surface area contributed by atoms with E-state index in [1.165, 1.54) is 0 Å². The lowest BCUT2D eigenvalue weighted by Crippen LogP contribution is -2.26. The van der Waals surface area contributed by atoms with Crippen LogP contribution in [0.3, 0.4) is 0 Å². The van der Waals surface area contributed by atoms with Crippen LogP contribution >= 0.6 is 0 Å². The van der Waals surface area contributed by atoms with E-state index < -0.39 is 0 Å². The van der Waals surface area contributed by atoms with Crippen LogP contribution in [0.5, 0.6) is 0 Å². The summed E-state index contributed by atoms with van der Waals surface area (Å²) in [6, 6.07) is 5.57. The number of benzene rings is 1. The van der Waals surface area contributed by atoms with Gasteiger partial charge in [0.05, 0.1) is 5.69 Å². The first-order valence-corrected chi connectivity index (χ1v) is 6.54. The predicted molar refractivity (Wildman–Crippen MR) is 76.7 cm³/mol. The molecule has 5 nitrogen and oxygen atoms in total. The van der Waals surface area contributed by atoms with Crippen molar-refractivity contribution in [3.8, 4) is 6.19 Å². The van der Waals surface area contributed by atoms with Gasteiger partial charge in [-0.25, -0.2) is 4.90 Å². The number of nitrogens with two attached hydrogens (primary N) is 1. The maximum absolute atomic E-state index is 12.0. The van der Waals surface area contributed by atoms with E-state index in [2.05, 4.69) is 0 Å². The fraction of sp³-hybridized carbons (Fsp3) is 0.400. The third-order valence-corrected chi connectivity index (χ3v) is 3.01. The minimum atomic E-state index is -0.371. The molecule has 0 radical (unpaired) electrons. The minimum Gasteiger partial charge on any atom is -0.370 e. The van der Waals surface area contributed by atoms with Crippen LogP contribution in [0.1, 0.15) is 36.8 Å². The largest absolute Gasteiger partial charge is 0.370 e. The first-order valence-electron chi connectivity index (χ1n) is 6.54. The number of primary amides is 1. The predicted octanol–water partition coefficient (Wildman–Crippen LogP) is 2.16. The zero-order valence-electron chi connectivity index (χ0n) is 11.8. The van der Waals surface area contributed by atoms with Gasteiger partial charge in [-0.2, -0.15) is 5.26 Å². The molecule has 0 aliphatic rings. The van der Waals surface area contributed by atoms with Crippen LogP contribution in [0.4, 0.5) is 5.69 Å². The molecule has 2 N–H and O–H groups in total. The molecule has 0 saturated heterocycles. The van der Waals surface area contributed by atoms with Crippen LogP contribution in [0.2, 0.25) is 0 Å². The van der Waals surface area contributed by atoms with Gasteiger partial charge in [0, 0.05) is 12.8 Å². The van der Waals surface area contributed by atoms with E-state index >= 15 is 0 Å². The van der Waals surface area contributed by atoms with Crippen LogP contribution in [0.25, 0.3) is 0 Å². The van der Waals surface area contributed by atoms with Gasteiger partial charge in [0.15, 0.2) is 6.19 Å². The Balaban J connectivity index is 2.68. The Bertz CT molecular complexity index is 547. The molecule has 5 heteroatoms. The standard InChI is InChI=1S/C15H19N3O2/c1-11-7-8-13(12(2)9-11)18(10-16)15(20)6-4-3-5-14(17)19/h7-9H,3-6H2,1-2H3,(H2,17,19). The molecule has 0 bridgehead atoms. The average Bonchev–Trinajstić information content (AvgIpc) is 2.37. The van der Waals surface area contributed by atoms with Crippen LogP contribution in [0, 0.1) is 25.3 Å². The van der Waals surface area contributed by atoms with E-state index in [0.717, 1.165) is 16.0 Å². The molecule has 2 amide bonds. The summed E-state index contributed by atoms with van der Waals surface area (Å²) in [5.41, 5.74) is 7.61. The number of hydrogen-bond donors (Lipinski definition) is 1. The van der Waals surface area contributed by atoms with Crippen molar-refractivity contribution >= 4 is 17.5 Å². The molecule has 0 heterocycles. The van der Waals surface area contributed by atoms with Gasteiger partial charge in [-0.3, -0.25) is 9.59 Å². The highest BCUT2D eigenvalue weighted by atomic mass is 16.2. The fourth-order valence-electron chi connectivity index (χ4n) is 1.99. The molecule has 0 spiro atoms. The fourth-order valence-corrected chi connectivity index (χ4v) is 1.99. The quantitative estimate of drug-likeness (QED) is 0.489. The van der Waals surface area contributed by atoms with Crippen LogP contribution in [0.15, 0.2) is 18.2 Å². The molecule has 0 atom stereocenters. The molecule has 0 aliphatic heterocycles. The second kappa shape index (κ2) is 7.29. The van der Waals surface area contributed by atoms with E-state index in [1.807, 2.05) is 32.2 Å². The molecule has 0 unspecified atom stereocenters. The molecule has 106 valence electrons. The van der Waals surface area contributed by atoms with Gasteiger partial charge in [0.2, 0.25) is 11.8 Å². The highest BCUT2D eigenvalue weighted by Crippen LogP contribution is 2.21. The first-order chi connectivity index (χ1) is 9.45. The first kappa shape index (κ1) is 15.7. The van der Waals surface area contributed by atoms with Gasteiger partial charge >= 0.3 is 0 Å². The minimum absolute atomic E-state index is 0.230. The number of carbonyl (C=O) groups is 2. The van der Waals surface area contributed by atoms with Crippen molar-refractivity contribution in [2.45, 2.75) is 39.5 Å². The van der Waals surface area contributed by atoms with Crippen LogP contribution in [-0.4, -0.2) is 11.8 Å². The van der Waals surface area contributed by atoms with Gasteiger partial charge in [0.1, 0.15) is 0 Å². The normalized spacial score (nSPS) is 9.85. The van der Waals surface area contributed by atoms with Gasteiger partial charge in [-0.05, 0) is 38.3 Å². The smallest absolute Gasteiger partial charge is 0.240 e. The lowest BCUT2D eigenvalue weighted by Gasteiger charge is -2.16. The maximum atomic E-state index is 12.0. The number of nitriles is 1. The van der Waals surface area contributed by atoms with Gasteiger partial charge in [0.25, 0.3) is 0 Å². The topological polar surface area (TPSA) is 87.2 Å². The zero-order valence-corrected chi connectivity index (χ0v) is 11.8. The Morgan fingerprint density at radius 1 is 1.25 bits per heavy atom. The van der Waals surface area contributed by atoms with Gasteiger partial charge < -0.3 is 5.73 Å². The van der Waals surface area contributed by atoms with Crippen molar-refractivity contribution in [3.63, 3.8) is 0 Å². The van der Waals surface area contributed by atoms with E-state index in [1.54, 1.807) is 6.07 Å². The van der Waals surface area contributed by atoms with E-state index in [4.69, 9.17) is 11.0 Å². The number of amides is 2. The van der Waals surface area contributed by atoms with Crippen molar-refractivity contribution in [2.24, 2.45) is 5.73 Å². The molecule has 20 heavy (non-hydrogen) atoms. The van der Waals surface area contributed by atoms with Crippen molar-refractivity contribution in [3.05, 3.63) is 29.3 Å². The molecule has 0 fully saturated rings. The number of nitrogens with zero attached hydrogens (tertiary/aromatic N) is 2. The van der Waals surface area contributed by atoms with E-state index in [9.17, 15) is 9.59 Å². The Morgan fingerprint density at radius 3 is 2.45 bits per heavy atom. The molecule has 0 aliphatic carbocycles. The van der Waals surface area contributed by atoms with Crippen molar-refractivity contribution in [1.82, 2.24) is 0 Å². The van der Waals surface area contributed by atoms with Crippen LogP contribution in [-0.2, 0) is 9.59 Å².